The van der Waals surface area contributed by atoms with Crippen molar-refractivity contribution in [2.24, 2.45) is 26.2 Å². The number of aliphatic hydroxyl groups is 1. The maximum Gasteiger partial charge on any atom is 0.332 e. The lowest BCUT2D eigenvalue weighted by atomic mass is 10.5. The van der Waals surface area contributed by atoms with Gasteiger partial charge in [-0.15, -0.1) is 0 Å². The molecule has 4 heterocycles. The summed E-state index contributed by atoms with van der Waals surface area (Å²) in [6.07, 6.45) is 1.43. The largest absolute Gasteiger partial charge is 0.395 e. The van der Waals surface area contributed by atoms with Gasteiger partial charge in [-0.3, -0.25) is 28.3 Å². The molecule has 0 radical (unpaired) electrons. The Bertz CT molecular complexity index is 1660. The van der Waals surface area contributed by atoms with E-state index in [0.717, 1.165) is 4.57 Å². The molecule has 16 heteroatoms. The molecular formula is C17H19BrN10O5. The van der Waals surface area contributed by atoms with Crippen LogP contribution >= 0.6 is 15.9 Å². The molecule has 0 aliphatic carbocycles. The lowest BCUT2D eigenvalue weighted by Crippen LogP contribution is -2.37. The summed E-state index contributed by atoms with van der Waals surface area (Å²) in [5.74, 6) is 0.134. The highest BCUT2D eigenvalue weighted by atomic mass is 79.9. The van der Waals surface area contributed by atoms with Crippen molar-refractivity contribution < 1.29 is 5.11 Å². The Morgan fingerprint density at radius 3 is 2.42 bits per heavy atom. The van der Waals surface area contributed by atoms with Crippen molar-refractivity contribution in [3.8, 4) is 0 Å². The Labute approximate surface area is 191 Å². The van der Waals surface area contributed by atoms with Crippen LogP contribution in [0.25, 0.3) is 22.3 Å². The lowest BCUT2D eigenvalue weighted by molar-refractivity contribution is 0.278. The number of fused-ring (bicyclic) bond motifs is 2. The van der Waals surface area contributed by atoms with E-state index in [2.05, 4.69) is 41.4 Å². The number of hydrogen-bond donors (Lipinski definition) is 3. The van der Waals surface area contributed by atoms with Gasteiger partial charge < -0.3 is 14.2 Å². The Morgan fingerprint density at radius 1 is 1.03 bits per heavy atom. The van der Waals surface area contributed by atoms with Crippen molar-refractivity contribution in [2.45, 2.75) is 13.1 Å². The van der Waals surface area contributed by atoms with Crippen LogP contribution in [0.15, 0.2) is 29.0 Å². The third-order valence-electron chi connectivity index (χ3n) is 5.15. The number of aryl methyl sites for hydroxylation is 2. The van der Waals surface area contributed by atoms with Crippen molar-refractivity contribution in [3.63, 3.8) is 0 Å². The van der Waals surface area contributed by atoms with Gasteiger partial charge in [0.15, 0.2) is 27.1 Å². The number of imidazole rings is 2. The van der Waals surface area contributed by atoms with Gasteiger partial charge in [0.05, 0.1) is 13.2 Å². The van der Waals surface area contributed by atoms with Crippen molar-refractivity contribution in [2.75, 3.05) is 12.0 Å². The van der Waals surface area contributed by atoms with E-state index in [4.69, 9.17) is 0 Å². The fourth-order valence-electron chi connectivity index (χ4n) is 3.45. The van der Waals surface area contributed by atoms with E-state index >= 15 is 0 Å². The van der Waals surface area contributed by atoms with Gasteiger partial charge in [0.1, 0.15) is 0 Å². The van der Waals surface area contributed by atoms with Crippen LogP contribution in [0.5, 0.6) is 0 Å². The van der Waals surface area contributed by atoms with E-state index in [0.29, 0.717) is 4.73 Å². The summed E-state index contributed by atoms with van der Waals surface area (Å²) in [6.45, 7) is -0.129. The zero-order valence-corrected chi connectivity index (χ0v) is 19.3. The van der Waals surface area contributed by atoms with Crippen LogP contribution in [0, 0.1) is 0 Å². The molecule has 0 aliphatic heterocycles. The molecule has 4 aromatic heterocycles. The quantitative estimate of drug-likeness (QED) is 0.148. The molecule has 174 valence electrons. The van der Waals surface area contributed by atoms with E-state index in [-0.39, 0.29) is 48.0 Å². The maximum atomic E-state index is 12.6. The first kappa shape index (κ1) is 22.4. The maximum absolute atomic E-state index is 12.6. The van der Waals surface area contributed by atoms with Gasteiger partial charge in [0, 0.05) is 33.9 Å². The van der Waals surface area contributed by atoms with Crippen LogP contribution in [0.3, 0.4) is 0 Å². The topological polar surface area (TPSA) is 179 Å². The van der Waals surface area contributed by atoms with Crippen molar-refractivity contribution in [1.29, 1.82) is 0 Å². The summed E-state index contributed by atoms with van der Waals surface area (Å²) in [7, 11) is 4.36. The molecule has 0 fully saturated rings. The van der Waals surface area contributed by atoms with Crippen LogP contribution in [0.1, 0.15) is 0 Å². The second-order valence-electron chi connectivity index (χ2n) is 7.09. The molecule has 33 heavy (non-hydrogen) atoms. The predicted molar refractivity (Wildman–Crippen MR) is 123 cm³/mol. The van der Waals surface area contributed by atoms with Gasteiger partial charge in [0.25, 0.3) is 11.1 Å². The molecule has 0 saturated carbocycles. The predicted octanol–water partition coefficient (Wildman–Crippen LogP) is -1.98. The highest BCUT2D eigenvalue weighted by Crippen LogP contribution is 2.16. The molecular weight excluding hydrogens is 504 g/mol. The monoisotopic (exact) mass is 522 g/mol. The molecule has 3 N–H and O–H groups in total. The first-order chi connectivity index (χ1) is 15.7. The molecule has 4 rings (SSSR count). The molecule has 0 atom stereocenters. The van der Waals surface area contributed by atoms with Crippen molar-refractivity contribution >= 4 is 50.4 Å². The summed E-state index contributed by atoms with van der Waals surface area (Å²) in [5.41, 5.74) is 1.11. The Balaban J connectivity index is 1.70. The van der Waals surface area contributed by atoms with Gasteiger partial charge >= 0.3 is 11.4 Å². The third-order valence-corrected chi connectivity index (χ3v) is 5.76. The van der Waals surface area contributed by atoms with E-state index in [1.54, 1.807) is 0 Å². The number of hydrazone groups is 1. The van der Waals surface area contributed by atoms with Crippen LogP contribution in [-0.2, 0) is 34.2 Å². The Morgan fingerprint density at radius 2 is 1.73 bits per heavy atom. The highest BCUT2D eigenvalue weighted by Gasteiger charge is 2.18. The van der Waals surface area contributed by atoms with E-state index < -0.39 is 22.5 Å². The second-order valence-corrected chi connectivity index (χ2v) is 7.80. The molecule has 0 aliphatic rings. The fourth-order valence-corrected chi connectivity index (χ4v) is 3.94. The lowest BCUT2D eigenvalue weighted by Gasteiger charge is -2.06. The van der Waals surface area contributed by atoms with Gasteiger partial charge in [-0.1, -0.05) is 0 Å². The zero-order valence-electron chi connectivity index (χ0n) is 17.7. The van der Waals surface area contributed by atoms with Crippen LogP contribution < -0.4 is 27.9 Å². The number of aromatic amines is 1. The van der Waals surface area contributed by atoms with Crippen molar-refractivity contribution in [1.82, 2.24) is 37.8 Å². The SMILES string of the molecule is Cn1c(=O)c2c(nc(Br)n2C/C=N\Nc2nc3c(c(=O)[nH]c(=O)n3C)n2CCO)n(C)c1=O. The number of halogens is 1. The summed E-state index contributed by atoms with van der Waals surface area (Å²) in [6, 6.07) is 0. The molecule has 0 bridgehead atoms. The second kappa shape index (κ2) is 8.28. The molecule has 0 aromatic carbocycles. The minimum atomic E-state index is -0.638. The standard InChI is InChI=1S/C17H19BrN10O5/c1-24-10-8(12(30)22-16(24)32)28(6-7-29)15(21-10)23-19-4-5-27-9-11(20-14(27)18)25(2)17(33)26(3)13(9)31/h4,29H,5-7H2,1-3H3,(H,21,23)(H,22,30,32)/b19-4-. The minimum absolute atomic E-state index is 0.0391. The molecule has 0 amide bonds. The molecule has 0 unspecified atom stereocenters. The number of hydrogen-bond acceptors (Lipinski definition) is 9. The fraction of sp³-hybridized carbons (Fsp3) is 0.353. The number of nitrogens with one attached hydrogen (secondary N) is 2. The number of H-pyrrole nitrogens is 1. The third kappa shape index (κ3) is 3.52. The molecule has 0 saturated heterocycles. The first-order valence-electron chi connectivity index (χ1n) is 9.57. The number of nitrogens with zero attached hydrogens (tertiary/aromatic N) is 8. The van der Waals surface area contributed by atoms with Crippen LogP contribution in [-0.4, -0.2) is 55.7 Å². The van der Waals surface area contributed by atoms with Gasteiger partial charge in [0.2, 0.25) is 5.95 Å². The molecule has 0 spiro atoms. The van der Waals surface area contributed by atoms with Crippen molar-refractivity contribution in [3.05, 3.63) is 46.4 Å². The summed E-state index contributed by atoms with van der Waals surface area (Å²) in [4.78, 5) is 59.5. The average molecular weight is 523 g/mol. The highest BCUT2D eigenvalue weighted by molar-refractivity contribution is 9.10. The van der Waals surface area contributed by atoms with E-state index in [1.165, 1.54) is 45.6 Å². The number of rotatable bonds is 6. The van der Waals surface area contributed by atoms with Crippen LogP contribution in [0.4, 0.5) is 5.95 Å². The average Bonchev–Trinajstić information content (AvgIpc) is 3.31. The normalized spacial score (nSPS) is 11.9. The zero-order chi connectivity index (χ0) is 24.0. The van der Waals surface area contributed by atoms with Crippen LogP contribution in [0.2, 0.25) is 0 Å². The summed E-state index contributed by atoms with van der Waals surface area (Å²) < 4.78 is 6.70. The smallest absolute Gasteiger partial charge is 0.332 e. The minimum Gasteiger partial charge on any atom is -0.395 e. The van der Waals surface area contributed by atoms with E-state index in [1.807, 2.05) is 0 Å². The van der Waals surface area contributed by atoms with Gasteiger partial charge in [-0.2, -0.15) is 10.1 Å². The summed E-state index contributed by atoms with van der Waals surface area (Å²) in [5, 5.41) is 13.5. The van der Waals surface area contributed by atoms with E-state index in [9.17, 15) is 24.3 Å². The molecule has 15 nitrogen and oxygen atoms in total. The molecule has 4 aromatic rings. The number of anilines is 1. The number of aromatic nitrogens is 8. The van der Waals surface area contributed by atoms with Gasteiger partial charge in [-0.25, -0.2) is 20.0 Å². The summed E-state index contributed by atoms with van der Waals surface area (Å²) >= 11 is 3.29. The Kier molecular flexibility index (Phi) is 5.62. The number of aliphatic hydroxyl groups excluding tert-OH is 1. The first-order valence-corrected chi connectivity index (χ1v) is 10.4. The van der Waals surface area contributed by atoms with Gasteiger partial charge in [-0.05, 0) is 15.9 Å². The Hall–Kier alpha value is -3.79.